The van der Waals surface area contributed by atoms with Crippen LogP contribution >= 0.6 is 0 Å². The molecule has 0 aromatic heterocycles. The summed E-state index contributed by atoms with van der Waals surface area (Å²) in [5.74, 6) is -2.07. The molecular weight excluding hydrogens is 378 g/mol. The Kier molecular flexibility index (Phi) is 13.5. The van der Waals surface area contributed by atoms with Crippen molar-refractivity contribution in [3.63, 3.8) is 0 Å². The Labute approximate surface area is 185 Å². The average molecular weight is 429 g/mol. The second-order valence-electron chi connectivity index (χ2n) is 10.5. The Morgan fingerprint density at radius 2 is 0.967 bits per heavy atom. The van der Waals surface area contributed by atoms with E-state index in [4.69, 9.17) is 0 Å². The van der Waals surface area contributed by atoms with E-state index in [9.17, 15) is 19.8 Å². The molecule has 0 radical (unpaired) electrons. The largest absolute Gasteiger partial charge is 0.481 e. The van der Waals surface area contributed by atoms with Crippen LogP contribution < -0.4 is 0 Å². The molecule has 0 amide bonds. The van der Waals surface area contributed by atoms with Gasteiger partial charge < -0.3 is 14.7 Å². The van der Waals surface area contributed by atoms with Gasteiger partial charge in [0, 0.05) is 6.42 Å². The van der Waals surface area contributed by atoms with Gasteiger partial charge in [0.1, 0.15) is 5.41 Å². The molecule has 0 aliphatic carbocycles. The number of quaternary nitrogens is 1. The maximum Gasteiger partial charge on any atom is 0.366 e. The second kappa shape index (κ2) is 14.1. The van der Waals surface area contributed by atoms with Crippen LogP contribution in [0.1, 0.15) is 117 Å². The third kappa shape index (κ3) is 8.56. The lowest BCUT2D eigenvalue weighted by molar-refractivity contribution is -0.921. The number of aliphatic carboxylic acids is 2. The summed E-state index contributed by atoms with van der Waals surface area (Å²) in [6.07, 6.45) is 17.8. The molecule has 0 heterocycles. The van der Waals surface area contributed by atoms with Crippen LogP contribution in [0.2, 0.25) is 0 Å². The predicted octanol–water partition coefficient (Wildman–Crippen LogP) is 6.50. The molecule has 0 saturated carbocycles. The summed E-state index contributed by atoms with van der Waals surface area (Å²) in [6.45, 7) is 5.36. The maximum absolute atomic E-state index is 12.3. The summed E-state index contributed by atoms with van der Waals surface area (Å²) < 4.78 is 0.0973. The monoisotopic (exact) mass is 428 g/mol. The highest BCUT2D eigenvalue weighted by molar-refractivity contribution is 5.88. The molecule has 1 unspecified atom stereocenters. The molecule has 0 aliphatic rings. The maximum atomic E-state index is 12.3. The normalized spacial score (nSPS) is 14.5. The van der Waals surface area contributed by atoms with Crippen molar-refractivity contribution in [2.24, 2.45) is 5.41 Å². The number of nitrogens with zero attached hydrogens (tertiary/aromatic N) is 1. The van der Waals surface area contributed by atoms with E-state index in [1.54, 1.807) is 35.0 Å². The molecule has 0 saturated heterocycles. The standard InChI is InChI=1S/C25H49NO4/c1-7-8-9-10-11-12-13-14-15-16-17-18-19-20-21-25(23(29)30,26(4,5)6)24(2,3)22(27)28/h7-21H2,1-6H3,(H-,27,28,29,30)/p+1. The molecule has 0 aliphatic heterocycles. The molecule has 5 heteroatoms. The van der Waals surface area contributed by atoms with Crippen molar-refractivity contribution in [3.05, 3.63) is 0 Å². The fraction of sp³-hybridized carbons (Fsp3) is 0.920. The first-order valence-electron chi connectivity index (χ1n) is 12.2. The summed E-state index contributed by atoms with van der Waals surface area (Å²) in [7, 11) is 5.38. The van der Waals surface area contributed by atoms with Crippen LogP contribution in [-0.2, 0) is 9.59 Å². The van der Waals surface area contributed by atoms with E-state index in [0.717, 1.165) is 19.3 Å². The molecule has 0 spiro atoms. The number of unbranched alkanes of at least 4 members (excludes halogenated alkanes) is 13. The molecule has 1 atom stereocenters. The van der Waals surface area contributed by atoms with Crippen molar-refractivity contribution in [3.8, 4) is 0 Å². The van der Waals surface area contributed by atoms with Gasteiger partial charge in [-0.3, -0.25) is 4.79 Å². The second-order valence-corrected chi connectivity index (χ2v) is 10.5. The van der Waals surface area contributed by atoms with E-state index < -0.39 is 22.9 Å². The minimum Gasteiger partial charge on any atom is -0.481 e. The van der Waals surface area contributed by atoms with Gasteiger partial charge in [0.15, 0.2) is 0 Å². The highest BCUT2D eigenvalue weighted by Crippen LogP contribution is 2.43. The summed E-state index contributed by atoms with van der Waals surface area (Å²) >= 11 is 0. The van der Waals surface area contributed by atoms with Gasteiger partial charge in [0.2, 0.25) is 5.54 Å². The Morgan fingerprint density at radius 1 is 0.633 bits per heavy atom. The Bertz CT molecular complexity index is 496. The lowest BCUT2D eigenvalue weighted by Crippen LogP contribution is -2.71. The highest BCUT2D eigenvalue weighted by Gasteiger charge is 2.64. The molecule has 0 aromatic carbocycles. The molecule has 0 aromatic rings. The first-order chi connectivity index (χ1) is 13.9. The van der Waals surface area contributed by atoms with Gasteiger partial charge >= 0.3 is 11.9 Å². The molecular formula is C25H50NO4+. The summed E-state index contributed by atoms with van der Waals surface area (Å²) in [5, 5.41) is 19.8. The van der Waals surface area contributed by atoms with Gasteiger partial charge in [-0.1, -0.05) is 90.4 Å². The first kappa shape index (κ1) is 28.9. The van der Waals surface area contributed by atoms with Gasteiger partial charge in [0.05, 0.1) is 21.1 Å². The number of rotatable bonds is 19. The summed E-state index contributed by atoms with van der Waals surface area (Å²) in [6, 6.07) is 0. The molecule has 0 rings (SSSR count). The molecule has 30 heavy (non-hydrogen) atoms. The van der Waals surface area contributed by atoms with E-state index in [-0.39, 0.29) is 4.48 Å². The van der Waals surface area contributed by atoms with Gasteiger partial charge in [-0.2, -0.15) is 0 Å². The van der Waals surface area contributed by atoms with E-state index in [1.807, 2.05) is 0 Å². The zero-order valence-electron chi connectivity index (χ0n) is 20.8. The van der Waals surface area contributed by atoms with Gasteiger partial charge in [-0.15, -0.1) is 0 Å². The van der Waals surface area contributed by atoms with Crippen LogP contribution in [0.25, 0.3) is 0 Å². The van der Waals surface area contributed by atoms with Crippen LogP contribution in [0.4, 0.5) is 0 Å². The predicted molar refractivity (Wildman–Crippen MR) is 125 cm³/mol. The zero-order valence-corrected chi connectivity index (χ0v) is 20.8. The molecule has 178 valence electrons. The third-order valence-corrected chi connectivity index (χ3v) is 6.96. The average Bonchev–Trinajstić information content (AvgIpc) is 2.63. The summed E-state index contributed by atoms with van der Waals surface area (Å²) in [5.41, 5.74) is -2.70. The van der Waals surface area contributed by atoms with Crippen molar-refractivity contribution in [1.82, 2.24) is 0 Å². The van der Waals surface area contributed by atoms with Crippen LogP contribution in [0, 0.1) is 5.41 Å². The highest BCUT2D eigenvalue weighted by atomic mass is 16.4. The van der Waals surface area contributed by atoms with Crippen molar-refractivity contribution in [2.45, 2.75) is 123 Å². The summed E-state index contributed by atoms with van der Waals surface area (Å²) in [4.78, 5) is 24.2. The van der Waals surface area contributed by atoms with Crippen molar-refractivity contribution in [2.75, 3.05) is 21.1 Å². The Balaban J connectivity index is 4.24. The van der Waals surface area contributed by atoms with Crippen molar-refractivity contribution < 1.29 is 24.3 Å². The van der Waals surface area contributed by atoms with E-state index in [2.05, 4.69) is 6.92 Å². The van der Waals surface area contributed by atoms with E-state index >= 15 is 0 Å². The topological polar surface area (TPSA) is 74.6 Å². The number of likely N-dealkylation sites (N-methyl/N-ethyl adjacent to an activating group) is 1. The van der Waals surface area contributed by atoms with Crippen LogP contribution in [0.15, 0.2) is 0 Å². The van der Waals surface area contributed by atoms with Crippen molar-refractivity contribution in [1.29, 1.82) is 0 Å². The molecule has 5 nitrogen and oxygen atoms in total. The van der Waals surface area contributed by atoms with Crippen LogP contribution in [-0.4, -0.2) is 53.3 Å². The first-order valence-corrected chi connectivity index (χ1v) is 12.2. The minimum absolute atomic E-state index is 0.0973. The number of carboxylic acids is 2. The Hall–Kier alpha value is -1.10. The molecule has 2 N–H and O–H groups in total. The fourth-order valence-electron chi connectivity index (χ4n) is 4.90. The third-order valence-electron chi connectivity index (χ3n) is 6.96. The lowest BCUT2D eigenvalue weighted by Gasteiger charge is -2.49. The number of carbonyl (C=O) groups is 2. The van der Waals surface area contributed by atoms with Crippen molar-refractivity contribution >= 4 is 11.9 Å². The number of hydrogen-bond donors (Lipinski definition) is 2. The van der Waals surface area contributed by atoms with Gasteiger partial charge in [0.25, 0.3) is 0 Å². The smallest absolute Gasteiger partial charge is 0.366 e. The van der Waals surface area contributed by atoms with E-state index in [0.29, 0.717) is 6.42 Å². The number of carboxylic acid groups (broad SMARTS) is 2. The molecule has 0 bridgehead atoms. The zero-order chi connectivity index (χ0) is 23.3. The number of hydrogen-bond acceptors (Lipinski definition) is 2. The molecule has 0 fully saturated rings. The van der Waals surface area contributed by atoms with Crippen LogP contribution in [0.3, 0.4) is 0 Å². The lowest BCUT2D eigenvalue weighted by atomic mass is 9.67. The fourth-order valence-corrected chi connectivity index (χ4v) is 4.90. The Morgan fingerprint density at radius 3 is 1.23 bits per heavy atom. The van der Waals surface area contributed by atoms with Gasteiger partial charge in [-0.05, 0) is 20.3 Å². The minimum atomic E-state index is -1.35. The van der Waals surface area contributed by atoms with Crippen LogP contribution in [0.5, 0.6) is 0 Å². The van der Waals surface area contributed by atoms with Gasteiger partial charge in [-0.25, -0.2) is 4.79 Å². The SMILES string of the molecule is CCCCCCCCCCCCCCCCC(C(=O)O)(C(C)(C)C(=O)O)[N+](C)(C)C. The van der Waals surface area contributed by atoms with E-state index in [1.165, 1.54) is 70.6 Å². The quantitative estimate of drug-likeness (QED) is 0.182.